The summed E-state index contributed by atoms with van der Waals surface area (Å²) in [6.45, 7) is 7.00. The number of rotatable bonds is 4. The number of aromatic nitrogens is 1. The molecule has 0 aliphatic carbocycles. The van der Waals surface area contributed by atoms with E-state index in [0.29, 0.717) is 15.8 Å². The molecule has 6 heteroatoms. The monoisotopic (exact) mass is 314 g/mol. The van der Waals surface area contributed by atoms with Crippen molar-refractivity contribution in [3.05, 3.63) is 76.7 Å². The molecule has 0 fully saturated rings. The molecule has 5 nitrogen and oxygen atoms in total. The van der Waals surface area contributed by atoms with Crippen LogP contribution in [0.5, 0.6) is 0 Å². The Labute approximate surface area is 131 Å². The van der Waals surface area contributed by atoms with Gasteiger partial charge in [0.05, 0.1) is 12.1 Å². The lowest BCUT2D eigenvalue weighted by molar-refractivity contribution is -0.162. The normalized spacial score (nSPS) is 11.7. The number of aliphatic hydroxyl groups is 1. The molecule has 2 N–H and O–H groups in total. The van der Waals surface area contributed by atoms with Crippen LogP contribution < -0.4 is 10.6 Å². The maximum atomic E-state index is 12.8. The van der Waals surface area contributed by atoms with Crippen molar-refractivity contribution in [3.8, 4) is 0 Å². The molecule has 23 heavy (non-hydrogen) atoms. The summed E-state index contributed by atoms with van der Waals surface area (Å²) in [6, 6.07) is 8.56. The lowest BCUT2D eigenvalue weighted by Gasteiger charge is -2.16. The Hall–Kier alpha value is -2.99. The largest absolute Gasteiger partial charge is 0.505 e. The van der Waals surface area contributed by atoms with Crippen molar-refractivity contribution < 1.29 is 19.5 Å². The lowest BCUT2D eigenvalue weighted by Crippen LogP contribution is -2.33. The zero-order chi connectivity index (χ0) is 17.0. The van der Waals surface area contributed by atoms with Gasteiger partial charge in [-0.05, 0) is 29.0 Å². The summed E-state index contributed by atoms with van der Waals surface area (Å²) >= 11 is 0. The van der Waals surface area contributed by atoms with Gasteiger partial charge in [0.15, 0.2) is 5.76 Å². The number of benzene rings is 1. The van der Waals surface area contributed by atoms with Gasteiger partial charge in [0, 0.05) is 6.20 Å². The van der Waals surface area contributed by atoms with Crippen LogP contribution in [0.1, 0.15) is 5.56 Å². The van der Waals surface area contributed by atoms with Crippen molar-refractivity contribution >= 4 is 18.2 Å². The first kappa shape index (κ1) is 16.4. The van der Waals surface area contributed by atoms with Gasteiger partial charge in [-0.1, -0.05) is 31.4 Å². The van der Waals surface area contributed by atoms with Gasteiger partial charge >= 0.3 is 0 Å². The standard InChI is InChI=1S/C17H15FN2O3/c1-11-4-3-9-19-15(11)16(21)12(2)17(22)20(23)10-13-5-7-14(18)8-6-13/h3-9,21,23H,1-2,10H2/b16-15-. The Morgan fingerprint density at radius 2 is 1.91 bits per heavy atom. The number of nitrogens with zero attached hydrogens (tertiary/aromatic N) is 2. The molecule has 118 valence electrons. The highest BCUT2D eigenvalue weighted by atomic mass is 19.1. The first-order chi connectivity index (χ1) is 10.9. The second-order valence-corrected chi connectivity index (χ2v) is 4.83. The zero-order valence-corrected chi connectivity index (χ0v) is 12.2. The van der Waals surface area contributed by atoms with Crippen LogP contribution in [0.4, 0.5) is 4.39 Å². The molecule has 2 aromatic rings. The highest BCUT2D eigenvalue weighted by Gasteiger charge is 2.19. The predicted molar refractivity (Wildman–Crippen MR) is 82.9 cm³/mol. The second-order valence-electron chi connectivity index (χ2n) is 4.83. The third kappa shape index (κ3) is 3.81. The van der Waals surface area contributed by atoms with E-state index in [9.17, 15) is 19.5 Å². The Morgan fingerprint density at radius 1 is 1.26 bits per heavy atom. The summed E-state index contributed by atoms with van der Waals surface area (Å²) in [5.74, 6) is -1.77. The fraction of sp³-hybridized carbons (Fsp3) is 0.0588. The molecule has 0 aliphatic rings. The van der Waals surface area contributed by atoms with Crippen LogP contribution in [0, 0.1) is 5.82 Å². The number of carbonyl (C=O) groups excluding carboxylic acids is 1. The zero-order valence-electron chi connectivity index (χ0n) is 12.2. The second kappa shape index (κ2) is 6.85. The maximum Gasteiger partial charge on any atom is 0.280 e. The van der Waals surface area contributed by atoms with Crippen molar-refractivity contribution in [3.63, 3.8) is 0 Å². The van der Waals surface area contributed by atoms with Crippen molar-refractivity contribution in [2.45, 2.75) is 6.54 Å². The number of hydrogen-bond acceptors (Lipinski definition) is 4. The highest BCUT2D eigenvalue weighted by molar-refractivity contribution is 6.02. The minimum atomic E-state index is -0.892. The van der Waals surface area contributed by atoms with E-state index < -0.39 is 17.5 Å². The quantitative estimate of drug-likeness (QED) is 0.506. The number of carbonyl (C=O) groups is 1. The first-order valence-electron chi connectivity index (χ1n) is 6.68. The Morgan fingerprint density at radius 3 is 2.52 bits per heavy atom. The van der Waals surface area contributed by atoms with E-state index in [0.717, 1.165) is 0 Å². The summed E-state index contributed by atoms with van der Waals surface area (Å²) < 4.78 is 12.8. The topological polar surface area (TPSA) is 73.7 Å². The molecule has 0 saturated carbocycles. The highest BCUT2D eigenvalue weighted by Crippen LogP contribution is 2.10. The van der Waals surface area contributed by atoms with Crippen LogP contribution in [-0.2, 0) is 11.3 Å². The van der Waals surface area contributed by atoms with Crippen molar-refractivity contribution in [1.29, 1.82) is 0 Å². The molecule has 0 bridgehead atoms. The Kier molecular flexibility index (Phi) is 4.88. The molecule has 0 unspecified atom stereocenters. The molecule has 1 heterocycles. The van der Waals surface area contributed by atoms with E-state index in [1.165, 1.54) is 30.5 Å². The van der Waals surface area contributed by atoms with Crippen molar-refractivity contribution in [2.24, 2.45) is 0 Å². The van der Waals surface area contributed by atoms with Crippen LogP contribution in [0.25, 0.3) is 12.3 Å². The average Bonchev–Trinajstić information content (AvgIpc) is 2.55. The van der Waals surface area contributed by atoms with Crippen LogP contribution >= 0.6 is 0 Å². The smallest absolute Gasteiger partial charge is 0.280 e. The molecule has 0 saturated heterocycles. The van der Waals surface area contributed by atoms with E-state index in [1.54, 1.807) is 12.1 Å². The molecule has 0 radical (unpaired) electrons. The molecule has 2 rings (SSSR count). The van der Waals surface area contributed by atoms with Crippen LogP contribution in [0.15, 0.2) is 54.7 Å². The summed E-state index contributed by atoms with van der Waals surface area (Å²) in [5, 5.41) is 20.9. The van der Waals surface area contributed by atoms with Gasteiger partial charge in [0.25, 0.3) is 5.91 Å². The molecule has 1 amide bonds. The van der Waals surface area contributed by atoms with Gasteiger partial charge in [-0.15, -0.1) is 0 Å². The molecular formula is C17H15FN2O3. The molecule has 0 atom stereocenters. The summed E-state index contributed by atoms with van der Waals surface area (Å²) in [6.07, 6.45) is 1.44. The minimum Gasteiger partial charge on any atom is -0.505 e. The van der Waals surface area contributed by atoms with E-state index in [1.807, 2.05) is 0 Å². The summed E-state index contributed by atoms with van der Waals surface area (Å²) in [5.41, 5.74) is 0.198. The lowest BCUT2D eigenvalue weighted by atomic mass is 10.1. The van der Waals surface area contributed by atoms with Gasteiger partial charge in [-0.25, -0.2) is 9.45 Å². The number of amides is 1. The van der Waals surface area contributed by atoms with Crippen LogP contribution in [0.3, 0.4) is 0 Å². The van der Waals surface area contributed by atoms with E-state index in [4.69, 9.17) is 0 Å². The van der Waals surface area contributed by atoms with Crippen LogP contribution in [0.2, 0.25) is 0 Å². The molecule has 0 aliphatic heterocycles. The van der Waals surface area contributed by atoms with Gasteiger partial charge in [-0.3, -0.25) is 15.0 Å². The van der Waals surface area contributed by atoms with Crippen LogP contribution in [-0.4, -0.2) is 26.3 Å². The van der Waals surface area contributed by atoms with E-state index in [-0.39, 0.29) is 17.5 Å². The van der Waals surface area contributed by atoms with Crippen molar-refractivity contribution in [1.82, 2.24) is 10.0 Å². The number of hydroxylamine groups is 2. The van der Waals surface area contributed by atoms with Gasteiger partial charge in [0.2, 0.25) is 0 Å². The average molecular weight is 314 g/mol. The molecule has 1 aromatic heterocycles. The Bertz CT molecular complexity index is 847. The summed E-state index contributed by atoms with van der Waals surface area (Å²) in [4.78, 5) is 16.0. The van der Waals surface area contributed by atoms with Gasteiger partial charge < -0.3 is 5.11 Å². The number of aliphatic hydroxyl groups excluding tert-OH is 1. The predicted octanol–water partition coefficient (Wildman–Crippen LogP) is 1.27. The first-order valence-corrected chi connectivity index (χ1v) is 6.68. The van der Waals surface area contributed by atoms with Gasteiger partial charge in [-0.2, -0.15) is 0 Å². The minimum absolute atomic E-state index is 0.112. The van der Waals surface area contributed by atoms with E-state index >= 15 is 0 Å². The number of pyridine rings is 1. The number of hydrogen-bond donors (Lipinski definition) is 2. The molecule has 0 spiro atoms. The molecular weight excluding hydrogens is 299 g/mol. The molecule has 1 aromatic carbocycles. The van der Waals surface area contributed by atoms with Crippen molar-refractivity contribution in [2.75, 3.05) is 0 Å². The SMILES string of the molecule is C=C(C(=O)N(O)Cc1ccc(F)cc1)/C(O)=c1/ncccc1=C. The third-order valence-corrected chi connectivity index (χ3v) is 3.14. The van der Waals surface area contributed by atoms with E-state index in [2.05, 4.69) is 18.1 Å². The Balaban J connectivity index is 2.21. The number of halogens is 1. The third-order valence-electron chi connectivity index (χ3n) is 3.14. The summed E-state index contributed by atoms with van der Waals surface area (Å²) in [7, 11) is 0. The van der Waals surface area contributed by atoms with Gasteiger partial charge in [0.1, 0.15) is 11.2 Å². The fourth-order valence-corrected chi connectivity index (χ4v) is 1.89. The maximum absolute atomic E-state index is 12.8. The fourth-order valence-electron chi connectivity index (χ4n) is 1.89.